The highest BCUT2D eigenvalue weighted by molar-refractivity contribution is 5.56. The molecule has 0 spiro atoms. The minimum absolute atomic E-state index is 0.243. The second-order valence-electron chi connectivity index (χ2n) is 2.79. The first-order chi connectivity index (χ1) is 6.77. The lowest BCUT2D eigenvalue weighted by molar-refractivity contribution is 1.09. The number of aromatic nitrogens is 4. The van der Waals surface area contributed by atoms with E-state index in [9.17, 15) is 0 Å². The Kier molecular flexibility index (Phi) is 2.06. The normalized spacial score (nSPS) is 10.1. The summed E-state index contributed by atoms with van der Waals surface area (Å²) in [6.07, 6.45) is 4.87. The van der Waals surface area contributed by atoms with Crippen molar-refractivity contribution in [1.82, 2.24) is 19.9 Å². The fourth-order valence-corrected chi connectivity index (χ4v) is 1.16. The molecule has 2 heterocycles. The van der Waals surface area contributed by atoms with Crippen molar-refractivity contribution in [2.75, 3.05) is 5.73 Å². The van der Waals surface area contributed by atoms with Crippen LogP contribution in [0.15, 0.2) is 24.7 Å². The largest absolute Gasteiger partial charge is 0.368 e. The molecule has 2 aromatic heterocycles. The molecule has 14 heavy (non-hydrogen) atoms. The summed E-state index contributed by atoms with van der Waals surface area (Å²) >= 11 is 0. The smallest absolute Gasteiger partial charge is 0.220 e. The topological polar surface area (TPSA) is 77.6 Å². The second-order valence-corrected chi connectivity index (χ2v) is 2.79. The quantitative estimate of drug-likeness (QED) is 0.715. The number of anilines is 1. The summed E-state index contributed by atoms with van der Waals surface area (Å²) in [6, 6.07) is 1.76. The average Bonchev–Trinajstić information content (AvgIpc) is 2.18. The monoisotopic (exact) mass is 187 g/mol. The van der Waals surface area contributed by atoms with Gasteiger partial charge in [0.05, 0.1) is 11.4 Å². The van der Waals surface area contributed by atoms with E-state index in [0.717, 1.165) is 11.4 Å². The molecule has 2 rings (SSSR count). The molecule has 0 atom stereocenters. The molecule has 0 aliphatic carbocycles. The molecule has 0 radical (unpaired) electrons. The van der Waals surface area contributed by atoms with Crippen molar-refractivity contribution in [2.45, 2.75) is 6.92 Å². The summed E-state index contributed by atoms with van der Waals surface area (Å²) in [5, 5.41) is 0. The summed E-state index contributed by atoms with van der Waals surface area (Å²) in [5.74, 6) is 0.243. The van der Waals surface area contributed by atoms with Gasteiger partial charge in [0.25, 0.3) is 0 Å². The fraction of sp³-hybridized carbons (Fsp3) is 0.111. The number of nitrogens with two attached hydrogens (primary N) is 1. The van der Waals surface area contributed by atoms with Crippen molar-refractivity contribution in [3.8, 4) is 11.4 Å². The maximum atomic E-state index is 5.48. The third-order valence-corrected chi connectivity index (χ3v) is 1.80. The zero-order chi connectivity index (χ0) is 9.97. The third-order valence-electron chi connectivity index (χ3n) is 1.80. The first kappa shape index (κ1) is 8.55. The van der Waals surface area contributed by atoms with Crippen LogP contribution in [0, 0.1) is 6.92 Å². The van der Waals surface area contributed by atoms with Crippen molar-refractivity contribution in [3.63, 3.8) is 0 Å². The highest BCUT2D eigenvalue weighted by atomic mass is 15.0. The van der Waals surface area contributed by atoms with E-state index in [-0.39, 0.29) is 5.95 Å². The van der Waals surface area contributed by atoms with E-state index in [0.29, 0.717) is 5.69 Å². The van der Waals surface area contributed by atoms with Crippen LogP contribution in [0.2, 0.25) is 0 Å². The van der Waals surface area contributed by atoms with Crippen LogP contribution < -0.4 is 5.73 Å². The molecule has 0 aliphatic heterocycles. The summed E-state index contributed by atoms with van der Waals surface area (Å²) in [5.41, 5.74) is 7.74. The molecule has 0 saturated heterocycles. The molecule has 2 aromatic rings. The molecule has 0 unspecified atom stereocenters. The van der Waals surface area contributed by atoms with Crippen molar-refractivity contribution >= 4 is 5.95 Å². The predicted molar refractivity (Wildman–Crippen MR) is 52.2 cm³/mol. The summed E-state index contributed by atoms with van der Waals surface area (Å²) in [4.78, 5) is 16.2. The maximum absolute atomic E-state index is 5.48. The first-order valence-corrected chi connectivity index (χ1v) is 4.14. The van der Waals surface area contributed by atoms with Crippen LogP contribution in [0.1, 0.15) is 5.69 Å². The van der Waals surface area contributed by atoms with Gasteiger partial charge in [-0.05, 0) is 13.0 Å². The Hall–Kier alpha value is -2.04. The minimum atomic E-state index is 0.243. The van der Waals surface area contributed by atoms with Gasteiger partial charge in [0.15, 0.2) is 0 Å². The number of nitrogens with zero attached hydrogens (tertiary/aromatic N) is 4. The molecule has 5 nitrogen and oxygen atoms in total. The maximum Gasteiger partial charge on any atom is 0.220 e. The SMILES string of the molecule is Cc1nccnc1-c1ccnc(N)n1. The van der Waals surface area contributed by atoms with Crippen LogP contribution in [0.3, 0.4) is 0 Å². The number of rotatable bonds is 1. The van der Waals surface area contributed by atoms with Gasteiger partial charge in [0.1, 0.15) is 5.69 Å². The highest BCUT2D eigenvalue weighted by Gasteiger charge is 2.05. The summed E-state index contributed by atoms with van der Waals surface area (Å²) in [6.45, 7) is 1.88. The molecule has 0 aromatic carbocycles. The lowest BCUT2D eigenvalue weighted by Crippen LogP contribution is -1.98. The van der Waals surface area contributed by atoms with Gasteiger partial charge in [-0.15, -0.1) is 0 Å². The molecule has 0 aliphatic rings. The number of hydrogen-bond acceptors (Lipinski definition) is 5. The molecule has 0 amide bonds. The highest BCUT2D eigenvalue weighted by Crippen LogP contribution is 2.15. The van der Waals surface area contributed by atoms with Gasteiger partial charge in [-0.2, -0.15) is 0 Å². The molecule has 0 bridgehead atoms. The first-order valence-electron chi connectivity index (χ1n) is 4.14. The van der Waals surface area contributed by atoms with Gasteiger partial charge >= 0.3 is 0 Å². The zero-order valence-electron chi connectivity index (χ0n) is 7.68. The molecular weight excluding hydrogens is 178 g/mol. The summed E-state index contributed by atoms with van der Waals surface area (Å²) < 4.78 is 0. The molecule has 70 valence electrons. The van der Waals surface area contributed by atoms with Crippen molar-refractivity contribution in [1.29, 1.82) is 0 Å². The molecule has 5 heteroatoms. The standard InChI is InChI=1S/C9H9N5/c1-6-8(12-5-4-11-6)7-2-3-13-9(10)14-7/h2-5H,1H3,(H2,10,13,14). The molecular formula is C9H9N5. The Balaban J connectivity index is 2.55. The van der Waals surface area contributed by atoms with Crippen LogP contribution >= 0.6 is 0 Å². The van der Waals surface area contributed by atoms with E-state index < -0.39 is 0 Å². The Morgan fingerprint density at radius 3 is 2.57 bits per heavy atom. The van der Waals surface area contributed by atoms with Gasteiger partial charge in [-0.25, -0.2) is 9.97 Å². The minimum Gasteiger partial charge on any atom is -0.368 e. The number of aryl methyl sites for hydroxylation is 1. The number of hydrogen-bond donors (Lipinski definition) is 1. The van der Waals surface area contributed by atoms with Gasteiger partial charge in [-0.3, -0.25) is 9.97 Å². The van der Waals surface area contributed by atoms with Crippen LogP contribution in [-0.4, -0.2) is 19.9 Å². The Labute approximate surface area is 81.1 Å². The van der Waals surface area contributed by atoms with E-state index in [1.165, 1.54) is 0 Å². The molecule has 2 N–H and O–H groups in total. The van der Waals surface area contributed by atoms with E-state index in [1.54, 1.807) is 24.7 Å². The summed E-state index contributed by atoms with van der Waals surface area (Å²) in [7, 11) is 0. The van der Waals surface area contributed by atoms with Crippen LogP contribution in [0.25, 0.3) is 11.4 Å². The third kappa shape index (κ3) is 1.52. The van der Waals surface area contributed by atoms with Gasteiger partial charge in [0.2, 0.25) is 5.95 Å². The lowest BCUT2D eigenvalue weighted by Gasteiger charge is -2.02. The van der Waals surface area contributed by atoms with Gasteiger partial charge < -0.3 is 5.73 Å². The van der Waals surface area contributed by atoms with Gasteiger partial charge in [-0.1, -0.05) is 0 Å². The van der Waals surface area contributed by atoms with E-state index in [1.807, 2.05) is 6.92 Å². The Bertz CT molecular complexity index is 454. The Morgan fingerprint density at radius 1 is 1.07 bits per heavy atom. The van der Waals surface area contributed by atoms with Crippen LogP contribution in [-0.2, 0) is 0 Å². The van der Waals surface area contributed by atoms with Crippen LogP contribution in [0.5, 0.6) is 0 Å². The van der Waals surface area contributed by atoms with Crippen LogP contribution in [0.4, 0.5) is 5.95 Å². The Morgan fingerprint density at radius 2 is 1.86 bits per heavy atom. The van der Waals surface area contributed by atoms with E-state index in [2.05, 4.69) is 19.9 Å². The molecule has 0 fully saturated rings. The molecule has 0 saturated carbocycles. The van der Waals surface area contributed by atoms with Crippen molar-refractivity contribution in [3.05, 3.63) is 30.4 Å². The van der Waals surface area contributed by atoms with E-state index in [4.69, 9.17) is 5.73 Å². The lowest BCUT2D eigenvalue weighted by atomic mass is 10.2. The van der Waals surface area contributed by atoms with E-state index >= 15 is 0 Å². The average molecular weight is 187 g/mol. The van der Waals surface area contributed by atoms with Crippen molar-refractivity contribution in [2.24, 2.45) is 0 Å². The van der Waals surface area contributed by atoms with Gasteiger partial charge in [0, 0.05) is 18.6 Å². The second kappa shape index (κ2) is 3.37. The fourth-order valence-electron chi connectivity index (χ4n) is 1.16. The van der Waals surface area contributed by atoms with Crippen molar-refractivity contribution < 1.29 is 0 Å². The predicted octanol–water partition coefficient (Wildman–Crippen LogP) is 0.824. The number of nitrogen functional groups attached to an aromatic ring is 1. The zero-order valence-corrected chi connectivity index (χ0v) is 7.68.